The average Bonchev–Trinajstić information content (AvgIpc) is 3.11. The van der Waals surface area contributed by atoms with Crippen LogP contribution < -0.4 is 10.6 Å². The number of carbonyl (C=O) groups is 2. The molecular weight excluding hydrogens is 369 g/mol. The standard InChI is InChI=1S/C19H14FN3O3S/c20-13-2-1-3-16-17(13)19(25)23-14-8-11(4-5-15(14)27-16)18(24)22-7-6-12-9-21-10-26-12/h1-5,8-10H,6-7H2,(H,22,24)(H,23,25). The number of carbonyl (C=O) groups excluding carboxylic acids is 2. The van der Waals surface area contributed by atoms with Crippen LogP contribution in [0, 0.1) is 5.82 Å². The van der Waals surface area contributed by atoms with Gasteiger partial charge in [-0.05, 0) is 30.3 Å². The van der Waals surface area contributed by atoms with Gasteiger partial charge in [0.15, 0.2) is 6.39 Å². The van der Waals surface area contributed by atoms with Crippen molar-refractivity contribution < 1.29 is 18.4 Å². The van der Waals surface area contributed by atoms with Crippen molar-refractivity contribution >= 4 is 29.3 Å². The summed E-state index contributed by atoms with van der Waals surface area (Å²) in [4.78, 5) is 29.9. The Kier molecular flexibility index (Phi) is 4.64. The molecule has 3 aromatic rings. The molecule has 0 atom stereocenters. The van der Waals surface area contributed by atoms with Gasteiger partial charge in [-0.15, -0.1) is 0 Å². The molecule has 1 aliphatic rings. The molecule has 0 bridgehead atoms. The van der Waals surface area contributed by atoms with Crippen molar-refractivity contribution in [2.75, 3.05) is 11.9 Å². The van der Waals surface area contributed by atoms with E-state index in [4.69, 9.17) is 4.42 Å². The van der Waals surface area contributed by atoms with Crippen molar-refractivity contribution in [2.45, 2.75) is 16.2 Å². The third kappa shape index (κ3) is 3.56. The van der Waals surface area contributed by atoms with Gasteiger partial charge in [0, 0.05) is 28.3 Å². The molecule has 27 heavy (non-hydrogen) atoms. The summed E-state index contributed by atoms with van der Waals surface area (Å²) in [6, 6.07) is 9.52. The van der Waals surface area contributed by atoms with Crippen molar-refractivity contribution in [3.63, 3.8) is 0 Å². The number of nitrogens with one attached hydrogen (secondary N) is 2. The molecule has 1 aliphatic heterocycles. The van der Waals surface area contributed by atoms with Gasteiger partial charge in [-0.25, -0.2) is 9.37 Å². The summed E-state index contributed by atoms with van der Waals surface area (Å²) >= 11 is 1.28. The second kappa shape index (κ2) is 7.24. The van der Waals surface area contributed by atoms with Crippen LogP contribution in [-0.4, -0.2) is 23.3 Å². The molecular formula is C19H14FN3O3S. The van der Waals surface area contributed by atoms with Crippen LogP contribution in [0.3, 0.4) is 0 Å². The number of halogens is 1. The fourth-order valence-electron chi connectivity index (χ4n) is 2.74. The quantitative estimate of drug-likeness (QED) is 0.720. The first kappa shape index (κ1) is 17.3. The van der Waals surface area contributed by atoms with Gasteiger partial charge in [-0.1, -0.05) is 17.8 Å². The minimum atomic E-state index is -0.573. The Balaban J connectivity index is 1.52. The first-order valence-electron chi connectivity index (χ1n) is 8.19. The van der Waals surface area contributed by atoms with Crippen molar-refractivity contribution in [1.29, 1.82) is 0 Å². The molecule has 6 nitrogen and oxygen atoms in total. The molecule has 0 aliphatic carbocycles. The Bertz CT molecular complexity index is 1020. The summed E-state index contributed by atoms with van der Waals surface area (Å²) in [7, 11) is 0. The van der Waals surface area contributed by atoms with Crippen LogP contribution in [0.4, 0.5) is 10.1 Å². The lowest BCUT2D eigenvalue weighted by Crippen LogP contribution is -2.25. The van der Waals surface area contributed by atoms with Crippen LogP contribution in [0.15, 0.2) is 63.2 Å². The Morgan fingerprint density at radius 1 is 1.26 bits per heavy atom. The molecule has 2 N–H and O–H groups in total. The van der Waals surface area contributed by atoms with Gasteiger partial charge in [0.2, 0.25) is 0 Å². The predicted octanol–water partition coefficient (Wildman–Crippen LogP) is 3.50. The van der Waals surface area contributed by atoms with E-state index in [0.29, 0.717) is 34.9 Å². The predicted molar refractivity (Wildman–Crippen MR) is 97.5 cm³/mol. The topological polar surface area (TPSA) is 84.2 Å². The maximum Gasteiger partial charge on any atom is 0.259 e. The largest absolute Gasteiger partial charge is 0.448 e. The number of aromatic nitrogens is 1. The number of rotatable bonds is 4. The fraction of sp³-hybridized carbons (Fsp3) is 0.105. The highest BCUT2D eigenvalue weighted by molar-refractivity contribution is 7.99. The molecule has 0 unspecified atom stereocenters. The Labute approximate surface area is 158 Å². The highest BCUT2D eigenvalue weighted by atomic mass is 32.2. The van der Waals surface area contributed by atoms with Crippen LogP contribution in [0.25, 0.3) is 0 Å². The van der Waals surface area contributed by atoms with Crippen molar-refractivity contribution in [2.24, 2.45) is 0 Å². The van der Waals surface area contributed by atoms with Gasteiger partial charge < -0.3 is 15.1 Å². The molecule has 1 aromatic heterocycles. The molecule has 2 heterocycles. The highest BCUT2D eigenvalue weighted by Crippen LogP contribution is 2.39. The van der Waals surface area contributed by atoms with Gasteiger partial charge in [0.25, 0.3) is 11.8 Å². The number of nitrogens with zero attached hydrogens (tertiary/aromatic N) is 1. The number of fused-ring (bicyclic) bond motifs is 2. The molecule has 2 aromatic carbocycles. The zero-order valence-electron chi connectivity index (χ0n) is 14.0. The van der Waals surface area contributed by atoms with E-state index < -0.39 is 11.7 Å². The van der Waals surface area contributed by atoms with Crippen molar-refractivity contribution in [1.82, 2.24) is 10.3 Å². The zero-order chi connectivity index (χ0) is 18.8. The van der Waals surface area contributed by atoms with Gasteiger partial charge in [0.1, 0.15) is 11.6 Å². The number of amides is 2. The van der Waals surface area contributed by atoms with Gasteiger partial charge in [-0.3, -0.25) is 9.59 Å². The van der Waals surface area contributed by atoms with Crippen LogP contribution >= 0.6 is 11.8 Å². The molecule has 0 spiro atoms. The zero-order valence-corrected chi connectivity index (χ0v) is 14.8. The maximum atomic E-state index is 14.0. The van der Waals surface area contributed by atoms with E-state index in [-0.39, 0.29) is 11.5 Å². The molecule has 0 radical (unpaired) electrons. The lowest BCUT2D eigenvalue weighted by molar-refractivity contribution is 0.0952. The molecule has 2 amide bonds. The molecule has 8 heteroatoms. The summed E-state index contributed by atoms with van der Waals surface area (Å²) in [5, 5.41) is 5.48. The fourth-order valence-corrected chi connectivity index (χ4v) is 3.77. The monoisotopic (exact) mass is 383 g/mol. The van der Waals surface area contributed by atoms with E-state index in [0.717, 1.165) is 4.90 Å². The summed E-state index contributed by atoms with van der Waals surface area (Å²) in [5.41, 5.74) is 0.888. The first-order valence-corrected chi connectivity index (χ1v) is 9.01. The lowest BCUT2D eigenvalue weighted by Gasteiger charge is -2.09. The minimum Gasteiger partial charge on any atom is -0.448 e. The minimum absolute atomic E-state index is 0.0109. The second-order valence-corrected chi connectivity index (χ2v) is 6.94. The number of hydrogen-bond acceptors (Lipinski definition) is 5. The highest BCUT2D eigenvalue weighted by Gasteiger charge is 2.23. The summed E-state index contributed by atoms with van der Waals surface area (Å²) < 4.78 is 19.2. The number of anilines is 1. The third-order valence-electron chi connectivity index (χ3n) is 4.05. The Morgan fingerprint density at radius 3 is 2.96 bits per heavy atom. The smallest absolute Gasteiger partial charge is 0.259 e. The summed E-state index contributed by atoms with van der Waals surface area (Å²) in [6.07, 6.45) is 3.46. The van der Waals surface area contributed by atoms with Crippen LogP contribution in [0.5, 0.6) is 0 Å². The van der Waals surface area contributed by atoms with E-state index >= 15 is 0 Å². The van der Waals surface area contributed by atoms with Crippen LogP contribution in [-0.2, 0) is 6.42 Å². The average molecular weight is 383 g/mol. The second-order valence-electron chi connectivity index (χ2n) is 5.85. The normalized spacial score (nSPS) is 12.6. The van der Waals surface area contributed by atoms with E-state index in [2.05, 4.69) is 15.6 Å². The maximum absolute atomic E-state index is 14.0. The van der Waals surface area contributed by atoms with Crippen molar-refractivity contribution in [3.8, 4) is 0 Å². The van der Waals surface area contributed by atoms with E-state index in [1.165, 1.54) is 24.2 Å². The van der Waals surface area contributed by atoms with Gasteiger partial charge in [0.05, 0.1) is 17.4 Å². The number of oxazole rings is 1. The lowest BCUT2D eigenvalue weighted by atomic mass is 10.1. The molecule has 136 valence electrons. The van der Waals surface area contributed by atoms with Gasteiger partial charge >= 0.3 is 0 Å². The third-order valence-corrected chi connectivity index (χ3v) is 5.19. The molecule has 4 rings (SSSR count). The van der Waals surface area contributed by atoms with Gasteiger partial charge in [-0.2, -0.15) is 0 Å². The summed E-state index contributed by atoms with van der Waals surface area (Å²) in [5.74, 6) is -0.696. The molecule has 0 fully saturated rings. The summed E-state index contributed by atoms with van der Waals surface area (Å²) in [6.45, 7) is 0.392. The number of benzene rings is 2. The van der Waals surface area contributed by atoms with E-state index in [9.17, 15) is 14.0 Å². The Hall–Kier alpha value is -3.13. The number of hydrogen-bond donors (Lipinski definition) is 2. The van der Waals surface area contributed by atoms with E-state index in [1.54, 1.807) is 36.5 Å². The SMILES string of the molecule is O=C(NCCc1cnco1)c1ccc2c(c1)NC(=O)c1c(F)cccc1S2. The molecule has 0 saturated heterocycles. The Morgan fingerprint density at radius 2 is 2.15 bits per heavy atom. The van der Waals surface area contributed by atoms with Crippen molar-refractivity contribution in [3.05, 3.63) is 71.7 Å². The van der Waals surface area contributed by atoms with Crippen LogP contribution in [0.1, 0.15) is 26.5 Å². The first-order chi connectivity index (χ1) is 13.1. The van der Waals surface area contributed by atoms with E-state index in [1.807, 2.05) is 0 Å². The molecule has 0 saturated carbocycles. The van der Waals surface area contributed by atoms with Crippen LogP contribution in [0.2, 0.25) is 0 Å².